The third kappa shape index (κ3) is 3.73. The maximum atomic E-state index is 12.5. The van der Waals surface area contributed by atoms with Crippen molar-refractivity contribution in [1.82, 2.24) is 15.5 Å². The summed E-state index contributed by atoms with van der Waals surface area (Å²) in [5, 5.41) is 22.1. The second kappa shape index (κ2) is 6.84. The lowest BCUT2D eigenvalue weighted by Crippen LogP contribution is -2.23. The minimum Gasteiger partial charge on any atom is -0.386 e. The molecular formula is C21H23N3O2. The molecule has 0 atom stereocenters. The number of hydrogen-bond acceptors (Lipinski definition) is 4. The molecule has 0 radical (unpaired) electrons. The van der Waals surface area contributed by atoms with E-state index in [4.69, 9.17) is 0 Å². The lowest BCUT2D eigenvalue weighted by atomic mass is 9.97. The van der Waals surface area contributed by atoms with Crippen LogP contribution in [0.3, 0.4) is 0 Å². The molecule has 3 rings (SSSR count). The van der Waals surface area contributed by atoms with E-state index in [-0.39, 0.29) is 5.91 Å². The number of nitrogens with zero attached hydrogens (tertiary/aromatic N) is 2. The molecule has 0 aliphatic rings. The Morgan fingerprint density at radius 3 is 2.42 bits per heavy atom. The summed E-state index contributed by atoms with van der Waals surface area (Å²) in [4.78, 5) is 12.5. The number of rotatable bonds is 4. The number of aryl methyl sites for hydroxylation is 2. The van der Waals surface area contributed by atoms with Crippen LogP contribution in [0.2, 0.25) is 0 Å². The SMILES string of the molecule is Cc1nnc2ccc(C(=O)NCc3ccc(C(C)(C)O)cc3)cc2c1C. The average molecular weight is 349 g/mol. The van der Waals surface area contributed by atoms with E-state index >= 15 is 0 Å². The predicted molar refractivity (Wildman–Crippen MR) is 102 cm³/mol. The fourth-order valence-electron chi connectivity index (χ4n) is 2.78. The fraction of sp³-hybridized carbons (Fsp3) is 0.286. The van der Waals surface area contributed by atoms with Crippen molar-refractivity contribution in [2.75, 3.05) is 0 Å². The van der Waals surface area contributed by atoms with Gasteiger partial charge in [0.2, 0.25) is 0 Å². The van der Waals surface area contributed by atoms with Gasteiger partial charge < -0.3 is 10.4 Å². The molecule has 134 valence electrons. The van der Waals surface area contributed by atoms with Gasteiger partial charge in [-0.15, -0.1) is 0 Å². The lowest BCUT2D eigenvalue weighted by molar-refractivity contribution is 0.0785. The Morgan fingerprint density at radius 2 is 1.77 bits per heavy atom. The number of nitrogens with one attached hydrogen (secondary N) is 1. The van der Waals surface area contributed by atoms with E-state index in [2.05, 4.69) is 15.5 Å². The summed E-state index contributed by atoms with van der Waals surface area (Å²) in [6.07, 6.45) is 0. The summed E-state index contributed by atoms with van der Waals surface area (Å²) < 4.78 is 0. The molecule has 0 saturated carbocycles. The molecule has 5 heteroatoms. The van der Waals surface area contributed by atoms with Crippen LogP contribution in [0.1, 0.15) is 46.6 Å². The van der Waals surface area contributed by atoms with Gasteiger partial charge in [0.1, 0.15) is 0 Å². The second-order valence-corrected chi connectivity index (χ2v) is 7.08. The fourth-order valence-corrected chi connectivity index (χ4v) is 2.78. The maximum absolute atomic E-state index is 12.5. The van der Waals surface area contributed by atoms with Gasteiger partial charge in [-0.2, -0.15) is 10.2 Å². The van der Waals surface area contributed by atoms with Crippen molar-refractivity contribution < 1.29 is 9.90 Å². The van der Waals surface area contributed by atoms with Crippen molar-refractivity contribution in [3.8, 4) is 0 Å². The van der Waals surface area contributed by atoms with Crippen LogP contribution in [0.4, 0.5) is 0 Å². The van der Waals surface area contributed by atoms with Gasteiger partial charge in [0, 0.05) is 17.5 Å². The molecule has 3 aromatic rings. The van der Waals surface area contributed by atoms with Crippen molar-refractivity contribution >= 4 is 16.8 Å². The Morgan fingerprint density at radius 1 is 1.08 bits per heavy atom. The van der Waals surface area contributed by atoms with Gasteiger partial charge in [-0.3, -0.25) is 4.79 Å². The molecular weight excluding hydrogens is 326 g/mol. The molecule has 0 unspecified atom stereocenters. The molecule has 2 N–H and O–H groups in total. The lowest BCUT2D eigenvalue weighted by Gasteiger charge is -2.18. The van der Waals surface area contributed by atoms with E-state index in [0.717, 1.165) is 33.3 Å². The molecule has 26 heavy (non-hydrogen) atoms. The van der Waals surface area contributed by atoms with Crippen molar-refractivity contribution in [3.05, 3.63) is 70.4 Å². The predicted octanol–water partition coefficient (Wildman–Crippen LogP) is 3.40. The highest BCUT2D eigenvalue weighted by atomic mass is 16.3. The normalized spacial score (nSPS) is 11.6. The largest absolute Gasteiger partial charge is 0.386 e. The van der Waals surface area contributed by atoms with Crippen LogP contribution < -0.4 is 5.32 Å². The highest BCUT2D eigenvalue weighted by molar-refractivity contribution is 5.98. The smallest absolute Gasteiger partial charge is 0.251 e. The maximum Gasteiger partial charge on any atom is 0.251 e. The molecule has 0 saturated heterocycles. The summed E-state index contributed by atoms with van der Waals surface area (Å²) in [5.74, 6) is -0.132. The van der Waals surface area contributed by atoms with Crippen LogP contribution in [-0.2, 0) is 12.1 Å². The number of carbonyl (C=O) groups excluding carboxylic acids is 1. The summed E-state index contributed by atoms with van der Waals surface area (Å²) in [5.41, 5.74) is 4.23. The zero-order chi connectivity index (χ0) is 18.9. The summed E-state index contributed by atoms with van der Waals surface area (Å²) >= 11 is 0. The first-order valence-electron chi connectivity index (χ1n) is 8.59. The van der Waals surface area contributed by atoms with Gasteiger partial charge in [0.25, 0.3) is 5.91 Å². The van der Waals surface area contributed by atoms with E-state index in [0.29, 0.717) is 12.1 Å². The van der Waals surface area contributed by atoms with Crippen LogP contribution in [0, 0.1) is 13.8 Å². The zero-order valence-corrected chi connectivity index (χ0v) is 15.5. The molecule has 0 aliphatic heterocycles. The summed E-state index contributed by atoms with van der Waals surface area (Å²) in [6, 6.07) is 13.0. The number of fused-ring (bicyclic) bond motifs is 1. The van der Waals surface area contributed by atoms with E-state index in [1.807, 2.05) is 50.2 Å². The minimum atomic E-state index is -0.869. The van der Waals surface area contributed by atoms with Crippen molar-refractivity contribution in [2.45, 2.75) is 39.8 Å². The van der Waals surface area contributed by atoms with Crippen LogP contribution >= 0.6 is 0 Å². The van der Waals surface area contributed by atoms with Gasteiger partial charge in [-0.25, -0.2) is 0 Å². The second-order valence-electron chi connectivity index (χ2n) is 7.08. The Kier molecular flexibility index (Phi) is 4.74. The van der Waals surface area contributed by atoms with E-state index < -0.39 is 5.60 Å². The molecule has 1 aromatic heterocycles. The number of benzene rings is 2. The number of amides is 1. The Labute approximate surface area is 153 Å². The monoisotopic (exact) mass is 349 g/mol. The number of hydrogen-bond donors (Lipinski definition) is 2. The number of carbonyl (C=O) groups is 1. The highest BCUT2D eigenvalue weighted by Crippen LogP contribution is 2.21. The Hall–Kier alpha value is -2.79. The first-order valence-corrected chi connectivity index (χ1v) is 8.59. The van der Waals surface area contributed by atoms with E-state index in [1.165, 1.54) is 0 Å². The van der Waals surface area contributed by atoms with Gasteiger partial charge >= 0.3 is 0 Å². The van der Waals surface area contributed by atoms with Gasteiger partial charge in [0.05, 0.1) is 16.8 Å². The van der Waals surface area contributed by atoms with Crippen LogP contribution in [-0.4, -0.2) is 21.2 Å². The van der Waals surface area contributed by atoms with E-state index in [1.54, 1.807) is 19.9 Å². The molecule has 2 aromatic carbocycles. The molecule has 1 amide bonds. The average Bonchev–Trinajstić information content (AvgIpc) is 2.62. The topological polar surface area (TPSA) is 75.1 Å². The van der Waals surface area contributed by atoms with Gasteiger partial charge in [-0.1, -0.05) is 24.3 Å². The highest BCUT2D eigenvalue weighted by Gasteiger charge is 2.15. The van der Waals surface area contributed by atoms with Crippen LogP contribution in [0.25, 0.3) is 10.9 Å². The van der Waals surface area contributed by atoms with Crippen LogP contribution in [0.15, 0.2) is 42.5 Å². The number of aromatic nitrogens is 2. The molecule has 0 spiro atoms. The quantitative estimate of drug-likeness (QED) is 0.757. The Balaban J connectivity index is 1.74. The third-order valence-corrected chi connectivity index (χ3v) is 4.63. The number of aliphatic hydroxyl groups is 1. The van der Waals surface area contributed by atoms with Crippen molar-refractivity contribution in [1.29, 1.82) is 0 Å². The van der Waals surface area contributed by atoms with Gasteiger partial charge in [-0.05, 0) is 62.6 Å². The zero-order valence-electron chi connectivity index (χ0n) is 15.5. The van der Waals surface area contributed by atoms with Crippen molar-refractivity contribution in [3.63, 3.8) is 0 Å². The van der Waals surface area contributed by atoms with Crippen LogP contribution in [0.5, 0.6) is 0 Å². The standard InChI is InChI=1S/C21H23N3O2/c1-13-14(2)23-24-19-10-7-16(11-18(13)19)20(25)22-12-15-5-8-17(9-6-15)21(3,4)26/h5-11,26H,12H2,1-4H3,(H,22,25). The third-order valence-electron chi connectivity index (χ3n) is 4.63. The Bertz CT molecular complexity index is 957. The first-order chi connectivity index (χ1) is 12.3. The summed E-state index contributed by atoms with van der Waals surface area (Å²) in [6.45, 7) is 7.81. The molecule has 1 heterocycles. The molecule has 0 fully saturated rings. The molecule has 0 bridgehead atoms. The minimum absolute atomic E-state index is 0.132. The van der Waals surface area contributed by atoms with Crippen molar-refractivity contribution in [2.24, 2.45) is 0 Å². The van der Waals surface area contributed by atoms with Gasteiger partial charge in [0.15, 0.2) is 0 Å². The molecule has 0 aliphatic carbocycles. The summed E-state index contributed by atoms with van der Waals surface area (Å²) in [7, 11) is 0. The molecule has 5 nitrogen and oxygen atoms in total. The first kappa shape index (κ1) is 18.0. The van der Waals surface area contributed by atoms with E-state index in [9.17, 15) is 9.90 Å².